The van der Waals surface area contributed by atoms with E-state index < -0.39 is 30.0 Å². The van der Waals surface area contributed by atoms with Crippen molar-refractivity contribution in [1.29, 1.82) is 0 Å². The SMILES string of the molecule is COc1cc2nc(C)nc(N[C@H](C)c3cccc(C(F)(F)CO)c3F)c2cc1OCC(OC)C1CC1. The first-order valence-corrected chi connectivity index (χ1v) is 11.7. The molecule has 1 aliphatic carbocycles. The molecule has 7 nitrogen and oxygen atoms in total. The first-order valence-electron chi connectivity index (χ1n) is 11.7. The molecule has 0 spiro atoms. The maximum absolute atomic E-state index is 15.0. The normalized spacial score (nSPS) is 15.6. The van der Waals surface area contributed by atoms with Gasteiger partial charge in [0.1, 0.15) is 30.7 Å². The molecule has 4 rings (SSSR count). The number of aliphatic hydroxyl groups excluding tert-OH is 1. The van der Waals surface area contributed by atoms with Gasteiger partial charge in [-0.2, -0.15) is 8.78 Å². The summed E-state index contributed by atoms with van der Waals surface area (Å²) in [7, 11) is 3.20. The summed E-state index contributed by atoms with van der Waals surface area (Å²) in [5.74, 6) is -2.47. The highest BCUT2D eigenvalue weighted by atomic mass is 19.3. The summed E-state index contributed by atoms with van der Waals surface area (Å²) in [6.45, 7) is 2.22. The quantitative estimate of drug-likeness (QED) is 0.373. The number of aromatic nitrogens is 2. The van der Waals surface area contributed by atoms with Crippen LogP contribution in [0.15, 0.2) is 30.3 Å². The van der Waals surface area contributed by atoms with Gasteiger partial charge in [-0.3, -0.25) is 0 Å². The molecule has 1 saturated carbocycles. The fourth-order valence-corrected chi connectivity index (χ4v) is 4.21. The Balaban J connectivity index is 1.68. The molecule has 1 aliphatic rings. The molecule has 3 aromatic rings. The van der Waals surface area contributed by atoms with E-state index in [0.717, 1.165) is 18.9 Å². The lowest BCUT2D eigenvalue weighted by Crippen LogP contribution is -2.22. The van der Waals surface area contributed by atoms with Gasteiger partial charge in [-0.05, 0) is 44.7 Å². The number of benzene rings is 2. The van der Waals surface area contributed by atoms with Crippen LogP contribution in [0.4, 0.5) is 19.0 Å². The fourth-order valence-electron chi connectivity index (χ4n) is 4.21. The average molecular weight is 506 g/mol. The van der Waals surface area contributed by atoms with E-state index in [1.54, 1.807) is 33.1 Å². The monoisotopic (exact) mass is 505 g/mol. The van der Waals surface area contributed by atoms with Gasteiger partial charge in [0.25, 0.3) is 5.92 Å². The van der Waals surface area contributed by atoms with Crippen LogP contribution in [-0.4, -0.2) is 48.6 Å². The minimum absolute atomic E-state index is 0.0161. The number of hydrogen-bond acceptors (Lipinski definition) is 7. The fraction of sp³-hybridized carbons (Fsp3) is 0.462. The van der Waals surface area contributed by atoms with E-state index in [9.17, 15) is 8.78 Å². The maximum atomic E-state index is 15.0. The van der Waals surface area contributed by atoms with Crippen molar-refractivity contribution >= 4 is 16.7 Å². The van der Waals surface area contributed by atoms with Gasteiger partial charge in [-0.25, -0.2) is 14.4 Å². The summed E-state index contributed by atoms with van der Waals surface area (Å²) < 4.78 is 60.2. The van der Waals surface area contributed by atoms with Gasteiger partial charge in [-0.15, -0.1) is 0 Å². The second-order valence-electron chi connectivity index (χ2n) is 9.00. The smallest absolute Gasteiger partial charge is 0.298 e. The Morgan fingerprint density at radius 3 is 2.56 bits per heavy atom. The van der Waals surface area contributed by atoms with Crippen LogP contribution in [0.1, 0.15) is 42.8 Å². The molecule has 2 N–H and O–H groups in total. The maximum Gasteiger partial charge on any atom is 0.298 e. The van der Waals surface area contributed by atoms with Gasteiger partial charge in [0.2, 0.25) is 0 Å². The van der Waals surface area contributed by atoms with Gasteiger partial charge < -0.3 is 24.6 Å². The highest BCUT2D eigenvalue weighted by Gasteiger charge is 2.35. The number of nitrogens with one attached hydrogen (secondary N) is 1. The minimum atomic E-state index is -3.69. The van der Waals surface area contributed by atoms with E-state index in [0.29, 0.717) is 46.6 Å². The van der Waals surface area contributed by atoms with Gasteiger partial charge in [0.05, 0.1) is 30.3 Å². The van der Waals surface area contributed by atoms with Crippen LogP contribution in [0, 0.1) is 18.7 Å². The summed E-state index contributed by atoms with van der Waals surface area (Å²) in [6, 6.07) is 6.47. The molecule has 1 aromatic heterocycles. The van der Waals surface area contributed by atoms with Gasteiger partial charge in [0, 0.05) is 24.1 Å². The lowest BCUT2D eigenvalue weighted by Gasteiger charge is -2.21. The molecule has 1 fully saturated rings. The highest BCUT2D eigenvalue weighted by molar-refractivity contribution is 5.92. The van der Waals surface area contributed by atoms with Gasteiger partial charge in [0.15, 0.2) is 11.5 Å². The van der Waals surface area contributed by atoms with E-state index in [4.69, 9.17) is 19.3 Å². The third-order valence-electron chi connectivity index (χ3n) is 6.39. The molecule has 1 unspecified atom stereocenters. The molecule has 0 amide bonds. The molecule has 2 aromatic carbocycles. The topological polar surface area (TPSA) is 85.7 Å². The van der Waals surface area contributed by atoms with Crippen molar-refractivity contribution in [2.75, 3.05) is 32.8 Å². The van der Waals surface area contributed by atoms with Crippen LogP contribution in [0.5, 0.6) is 11.5 Å². The molecule has 0 aliphatic heterocycles. The lowest BCUT2D eigenvalue weighted by atomic mass is 10.00. The molecule has 0 radical (unpaired) electrons. The molecule has 10 heteroatoms. The van der Waals surface area contributed by atoms with E-state index in [1.807, 2.05) is 0 Å². The first-order chi connectivity index (χ1) is 17.2. The Kier molecular flexibility index (Phi) is 7.56. The molecule has 36 heavy (non-hydrogen) atoms. The van der Waals surface area contributed by atoms with Crippen molar-refractivity contribution in [2.45, 2.75) is 44.8 Å². The van der Waals surface area contributed by atoms with Crippen molar-refractivity contribution in [3.63, 3.8) is 0 Å². The molecular formula is C26H30F3N3O4. The van der Waals surface area contributed by atoms with Crippen molar-refractivity contribution in [3.05, 3.63) is 53.1 Å². The standard InChI is InChI=1S/C26H30F3N3O4/c1-14(17-6-5-7-19(24(17)27)26(28,29)13-33)30-25-18-10-22(36-12-23(35-4)16-8-9-16)21(34-3)11-20(18)31-15(2)32-25/h5-7,10-11,14,16,23,33H,8-9,12-13H2,1-4H3,(H,30,31,32)/t14-,23?/m1/s1. The van der Waals surface area contributed by atoms with Crippen LogP contribution in [-0.2, 0) is 10.7 Å². The number of aryl methyl sites for hydroxylation is 1. The van der Waals surface area contributed by atoms with E-state index in [1.165, 1.54) is 19.2 Å². The summed E-state index contributed by atoms with van der Waals surface area (Å²) >= 11 is 0. The predicted molar refractivity (Wildman–Crippen MR) is 129 cm³/mol. The van der Waals surface area contributed by atoms with Crippen molar-refractivity contribution in [2.24, 2.45) is 5.92 Å². The van der Waals surface area contributed by atoms with Crippen molar-refractivity contribution in [3.8, 4) is 11.5 Å². The molecule has 194 valence electrons. The van der Waals surface area contributed by atoms with E-state index in [-0.39, 0.29) is 11.7 Å². The summed E-state index contributed by atoms with van der Waals surface area (Å²) in [4.78, 5) is 8.95. The molecular weight excluding hydrogens is 475 g/mol. The number of anilines is 1. The zero-order valence-electron chi connectivity index (χ0n) is 20.6. The van der Waals surface area contributed by atoms with Gasteiger partial charge >= 0.3 is 0 Å². The second-order valence-corrected chi connectivity index (χ2v) is 9.00. The first kappa shape index (κ1) is 26.0. The molecule has 0 bridgehead atoms. The van der Waals surface area contributed by atoms with Crippen molar-refractivity contribution < 1.29 is 32.5 Å². The number of ether oxygens (including phenoxy) is 3. The van der Waals surface area contributed by atoms with Gasteiger partial charge in [-0.1, -0.05) is 12.1 Å². The minimum Gasteiger partial charge on any atom is -0.493 e. The molecule has 1 heterocycles. The summed E-state index contributed by atoms with van der Waals surface area (Å²) in [6.07, 6.45) is 2.19. The van der Waals surface area contributed by atoms with Crippen molar-refractivity contribution in [1.82, 2.24) is 9.97 Å². The van der Waals surface area contributed by atoms with Crippen LogP contribution in [0.25, 0.3) is 10.9 Å². The Labute approximate surface area is 207 Å². The number of methoxy groups -OCH3 is 2. The third-order valence-corrected chi connectivity index (χ3v) is 6.39. The number of halogens is 3. The highest BCUT2D eigenvalue weighted by Crippen LogP contribution is 2.38. The predicted octanol–water partition coefficient (Wildman–Crippen LogP) is 5.15. The Morgan fingerprint density at radius 2 is 1.92 bits per heavy atom. The van der Waals surface area contributed by atoms with Crippen LogP contribution in [0.2, 0.25) is 0 Å². The van der Waals surface area contributed by atoms with E-state index in [2.05, 4.69) is 15.3 Å². The summed E-state index contributed by atoms with van der Waals surface area (Å²) in [5.41, 5.74) is -0.265. The third kappa shape index (κ3) is 5.34. The largest absolute Gasteiger partial charge is 0.493 e. The van der Waals surface area contributed by atoms with E-state index >= 15 is 4.39 Å². The average Bonchev–Trinajstić information content (AvgIpc) is 3.69. The Morgan fingerprint density at radius 1 is 1.17 bits per heavy atom. The van der Waals surface area contributed by atoms with Crippen LogP contribution >= 0.6 is 0 Å². The zero-order chi connectivity index (χ0) is 26.0. The Hall–Kier alpha value is -3.11. The van der Waals surface area contributed by atoms with Crippen LogP contribution < -0.4 is 14.8 Å². The number of rotatable bonds is 11. The molecule has 2 atom stereocenters. The molecule has 0 saturated heterocycles. The zero-order valence-corrected chi connectivity index (χ0v) is 20.6. The number of alkyl halides is 2. The summed E-state index contributed by atoms with van der Waals surface area (Å²) in [5, 5.41) is 12.7. The number of nitrogens with zero attached hydrogens (tertiary/aromatic N) is 2. The Bertz CT molecular complexity index is 1240. The lowest BCUT2D eigenvalue weighted by molar-refractivity contribution is -0.0583. The number of hydrogen-bond donors (Lipinski definition) is 2. The van der Waals surface area contributed by atoms with Crippen LogP contribution in [0.3, 0.4) is 0 Å². The number of aliphatic hydroxyl groups is 1. The second kappa shape index (κ2) is 10.5. The number of fused-ring (bicyclic) bond motifs is 1.